The van der Waals surface area contributed by atoms with Crippen LogP contribution in [0, 0.1) is 5.92 Å². The first kappa shape index (κ1) is 27.3. The van der Waals surface area contributed by atoms with E-state index in [4.69, 9.17) is 14.2 Å². The first-order chi connectivity index (χ1) is 15.9. The Labute approximate surface area is 201 Å². The number of ketones is 1. The topological polar surface area (TPSA) is 96.0 Å². The van der Waals surface area contributed by atoms with Crippen molar-refractivity contribution in [3.8, 4) is 11.5 Å². The highest BCUT2D eigenvalue weighted by molar-refractivity contribution is 5.96. The summed E-state index contributed by atoms with van der Waals surface area (Å²) in [6.45, 7) is 11.3. The lowest BCUT2D eigenvalue weighted by atomic mass is 9.69. The van der Waals surface area contributed by atoms with E-state index < -0.39 is 35.3 Å². The van der Waals surface area contributed by atoms with Gasteiger partial charge in [-0.15, -0.1) is 0 Å². The SMILES string of the molecule is CCCCCc1cc(OC(C)=O)c(C2C=C(C)C(=O)CC2C(C)(C)OC(C)=O)c(OC(C)=O)c1. The Morgan fingerprint density at radius 1 is 0.971 bits per heavy atom. The van der Waals surface area contributed by atoms with Crippen LogP contribution in [-0.2, 0) is 30.3 Å². The van der Waals surface area contributed by atoms with E-state index in [1.807, 2.05) is 0 Å². The number of unbranched alkanes of at least 4 members (excludes halogenated alkanes) is 2. The predicted octanol–water partition coefficient (Wildman–Crippen LogP) is 5.23. The maximum absolute atomic E-state index is 12.7. The summed E-state index contributed by atoms with van der Waals surface area (Å²) >= 11 is 0. The molecule has 0 heterocycles. The fourth-order valence-electron chi connectivity index (χ4n) is 4.56. The van der Waals surface area contributed by atoms with Gasteiger partial charge in [-0.05, 0) is 56.9 Å². The fourth-order valence-corrected chi connectivity index (χ4v) is 4.56. The molecule has 2 rings (SSSR count). The van der Waals surface area contributed by atoms with Crippen LogP contribution in [0.2, 0.25) is 0 Å². The van der Waals surface area contributed by atoms with Crippen molar-refractivity contribution in [2.45, 2.75) is 92.1 Å². The highest BCUT2D eigenvalue weighted by Crippen LogP contribution is 2.49. The molecular formula is C27H36O7. The van der Waals surface area contributed by atoms with Crippen LogP contribution in [-0.4, -0.2) is 29.3 Å². The van der Waals surface area contributed by atoms with E-state index in [9.17, 15) is 19.2 Å². The van der Waals surface area contributed by atoms with Gasteiger partial charge >= 0.3 is 17.9 Å². The van der Waals surface area contributed by atoms with Crippen LogP contribution in [0.4, 0.5) is 0 Å². The maximum Gasteiger partial charge on any atom is 0.308 e. The van der Waals surface area contributed by atoms with Gasteiger partial charge < -0.3 is 14.2 Å². The quantitative estimate of drug-likeness (QED) is 0.276. The number of allylic oxidation sites excluding steroid dienone is 2. The van der Waals surface area contributed by atoms with Gasteiger partial charge in [-0.25, -0.2) is 0 Å². The van der Waals surface area contributed by atoms with Crippen molar-refractivity contribution < 1.29 is 33.4 Å². The van der Waals surface area contributed by atoms with E-state index in [1.165, 1.54) is 20.8 Å². The van der Waals surface area contributed by atoms with Gasteiger partial charge in [-0.3, -0.25) is 19.2 Å². The highest BCUT2D eigenvalue weighted by Gasteiger charge is 2.44. The van der Waals surface area contributed by atoms with Gasteiger partial charge in [0, 0.05) is 44.6 Å². The zero-order valence-electron chi connectivity index (χ0n) is 21.3. The second kappa shape index (κ2) is 11.4. The van der Waals surface area contributed by atoms with Gasteiger partial charge in [0.05, 0.1) is 0 Å². The molecule has 0 radical (unpaired) electrons. The summed E-state index contributed by atoms with van der Waals surface area (Å²) in [4.78, 5) is 48.5. The molecule has 7 heteroatoms. The van der Waals surface area contributed by atoms with Crippen LogP contribution in [0.25, 0.3) is 0 Å². The van der Waals surface area contributed by atoms with E-state index >= 15 is 0 Å². The molecule has 186 valence electrons. The molecule has 2 atom stereocenters. The van der Waals surface area contributed by atoms with Crippen LogP contribution in [0.1, 0.15) is 91.2 Å². The molecule has 1 aliphatic carbocycles. The Kier molecular flexibility index (Phi) is 9.19. The number of benzene rings is 1. The molecule has 0 aromatic heterocycles. The minimum absolute atomic E-state index is 0.0549. The van der Waals surface area contributed by atoms with Crippen LogP contribution >= 0.6 is 0 Å². The normalized spacial score (nSPS) is 18.2. The number of hydrogen-bond donors (Lipinski definition) is 0. The Hall–Kier alpha value is -2.96. The van der Waals surface area contributed by atoms with Crippen molar-refractivity contribution in [3.63, 3.8) is 0 Å². The van der Waals surface area contributed by atoms with Crippen molar-refractivity contribution in [2.24, 2.45) is 5.92 Å². The lowest BCUT2D eigenvalue weighted by molar-refractivity contribution is -0.160. The third-order valence-electron chi connectivity index (χ3n) is 6.08. The third kappa shape index (κ3) is 7.02. The minimum Gasteiger partial charge on any atom is -0.460 e. The average molecular weight is 473 g/mol. The van der Waals surface area contributed by atoms with Crippen LogP contribution in [0.3, 0.4) is 0 Å². The number of esters is 3. The van der Waals surface area contributed by atoms with E-state index in [-0.39, 0.29) is 23.7 Å². The molecule has 2 unspecified atom stereocenters. The Morgan fingerprint density at radius 2 is 1.53 bits per heavy atom. The van der Waals surface area contributed by atoms with Crippen molar-refractivity contribution in [2.75, 3.05) is 0 Å². The molecule has 0 bridgehead atoms. The van der Waals surface area contributed by atoms with Gasteiger partial charge in [-0.1, -0.05) is 25.8 Å². The molecule has 0 amide bonds. The summed E-state index contributed by atoms with van der Waals surface area (Å²) in [5, 5.41) is 0. The summed E-state index contributed by atoms with van der Waals surface area (Å²) in [7, 11) is 0. The molecule has 34 heavy (non-hydrogen) atoms. The molecule has 0 fully saturated rings. The summed E-state index contributed by atoms with van der Waals surface area (Å²) in [5.74, 6) is -1.94. The van der Waals surface area contributed by atoms with Gasteiger partial charge in [0.1, 0.15) is 17.1 Å². The van der Waals surface area contributed by atoms with Crippen molar-refractivity contribution in [3.05, 3.63) is 34.9 Å². The Morgan fingerprint density at radius 3 is 2.00 bits per heavy atom. The van der Waals surface area contributed by atoms with Gasteiger partial charge in [0.2, 0.25) is 0 Å². The van der Waals surface area contributed by atoms with Crippen LogP contribution in [0.15, 0.2) is 23.8 Å². The lowest BCUT2D eigenvalue weighted by Gasteiger charge is -2.40. The summed E-state index contributed by atoms with van der Waals surface area (Å²) in [6.07, 6.45) is 5.68. The van der Waals surface area contributed by atoms with Crippen molar-refractivity contribution in [1.82, 2.24) is 0 Å². The molecule has 1 aromatic rings. The molecule has 0 aliphatic heterocycles. The fraction of sp³-hybridized carbons (Fsp3) is 0.556. The van der Waals surface area contributed by atoms with E-state index in [0.29, 0.717) is 11.1 Å². The monoisotopic (exact) mass is 472 g/mol. The Balaban J connectivity index is 2.75. The molecule has 7 nitrogen and oxygen atoms in total. The number of carbonyl (C=O) groups is 4. The van der Waals surface area contributed by atoms with E-state index in [0.717, 1.165) is 31.2 Å². The molecule has 1 aliphatic rings. The van der Waals surface area contributed by atoms with Gasteiger partial charge in [0.25, 0.3) is 0 Å². The molecule has 1 aromatic carbocycles. The Bertz CT molecular complexity index is 950. The highest BCUT2D eigenvalue weighted by atomic mass is 16.6. The third-order valence-corrected chi connectivity index (χ3v) is 6.08. The summed E-state index contributed by atoms with van der Waals surface area (Å²) < 4.78 is 16.8. The summed E-state index contributed by atoms with van der Waals surface area (Å²) in [5.41, 5.74) is 0.911. The van der Waals surface area contributed by atoms with Crippen molar-refractivity contribution in [1.29, 1.82) is 0 Å². The maximum atomic E-state index is 12.7. The number of carbonyl (C=O) groups excluding carboxylic acids is 4. The first-order valence-electron chi connectivity index (χ1n) is 11.8. The largest absolute Gasteiger partial charge is 0.460 e. The second-order valence-electron chi connectivity index (χ2n) is 9.46. The molecular weight excluding hydrogens is 436 g/mol. The molecule has 0 saturated heterocycles. The number of ether oxygens (including phenoxy) is 3. The van der Waals surface area contributed by atoms with Crippen LogP contribution in [0.5, 0.6) is 11.5 Å². The smallest absolute Gasteiger partial charge is 0.308 e. The van der Waals surface area contributed by atoms with Gasteiger partial charge in [-0.2, -0.15) is 0 Å². The van der Waals surface area contributed by atoms with E-state index in [1.54, 1.807) is 39.0 Å². The molecule has 0 N–H and O–H groups in total. The van der Waals surface area contributed by atoms with Crippen LogP contribution < -0.4 is 9.47 Å². The zero-order valence-corrected chi connectivity index (χ0v) is 21.3. The standard InChI is InChI=1S/C27H36O7/c1-8-9-10-11-20-13-24(32-17(3)28)26(25(14-20)33-18(4)29)21-12-16(2)23(31)15-22(21)27(6,7)34-19(5)30/h12-14,21-22H,8-11,15H2,1-7H3. The number of Topliss-reactive ketones (excluding diaryl/α,β-unsaturated/α-hetero) is 1. The number of aryl methyl sites for hydroxylation is 1. The van der Waals surface area contributed by atoms with E-state index in [2.05, 4.69) is 6.92 Å². The molecule has 0 saturated carbocycles. The first-order valence-corrected chi connectivity index (χ1v) is 11.8. The number of rotatable bonds is 9. The predicted molar refractivity (Wildman–Crippen MR) is 128 cm³/mol. The number of hydrogen-bond acceptors (Lipinski definition) is 7. The zero-order chi connectivity index (χ0) is 25.6. The average Bonchev–Trinajstić information content (AvgIpc) is 2.68. The second-order valence-corrected chi connectivity index (χ2v) is 9.46. The minimum atomic E-state index is -1.01. The molecule has 0 spiro atoms. The lowest BCUT2D eigenvalue weighted by Crippen LogP contribution is -2.42. The summed E-state index contributed by atoms with van der Waals surface area (Å²) in [6, 6.07) is 3.60. The van der Waals surface area contributed by atoms with Crippen molar-refractivity contribution >= 4 is 23.7 Å². The van der Waals surface area contributed by atoms with Gasteiger partial charge in [0.15, 0.2) is 5.78 Å².